The van der Waals surface area contributed by atoms with Gasteiger partial charge in [0.2, 0.25) is 0 Å². The molecule has 0 unspecified atom stereocenters. The lowest BCUT2D eigenvalue weighted by molar-refractivity contribution is 0.0945. The molecular formula is C15H17N3O. The summed E-state index contributed by atoms with van der Waals surface area (Å²) in [6.07, 6.45) is 4.50. The molecule has 2 rings (SSSR count). The Balaban J connectivity index is 1.94. The quantitative estimate of drug-likeness (QED) is 0.913. The first-order chi connectivity index (χ1) is 9.16. The summed E-state index contributed by atoms with van der Waals surface area (Å²) >= 11 is 0. The minimum absolute atomic E-state index is 0.207. The van der Waals surface area contributed by atoms with Crippen molar-refractivity contribution < 1.29 is 4.79 Å². The second kappa shape index (κ2) is 6.09. The van der Waals surface area contributed by atoms with Gasteiger partial charge in [-0.05, 0) is 17.0 Å². The van der Waals surface area contributed by atoms with Crippen LogP contribution in [0.5, 0.6) is 0 Å². The van der Waals surface area contributed by atoms with Crippen molar-refractivity contribution in [2.24, 2.45) is 0 Å². The molecule has 0 saturated carbocycles. The van der Waals surface area contributed by atoms with Gasteiger partial charge in [0, 0.05) is 18.9 Å². The lowest BCUT2D eigenvalue weighted by atomic mass is 10.0. The van der Waals surface area contributed by atoms with Crippen LogP contribution in [0.2, 0.25) is 0 Å². The van der Waals surface area contributed by atoms with Crippen molar-refractivity contribution in [1.82, 2.24) is 15.3 Å². The molecule has 0 aliphatic carbocycles. The fraction of sp³-hybridized carbons (Fsp3) is 0.267. The van der Waals surface area contributed by atoms with Gasteiger partial charge in [0.15, 0.2) is 0 Å². The maximum Gasteiger partial charge on any atom is 0.271 e. The highest BCUT2D eigenvalue weighted by Gasteiger charge is 2.06. The third kappa shape index (κ3) is 3.61. The molecule has 98 valence electrons. The summed E-state index contributed by atoms with van der Waals surface area (Å²) in [4.78, 5) is 19.6. The smallest absolute Gasteiger partial charge is 0.271 e. The molecule has 0 saturated heterocycles. The van der Waals surface area contributed by atoms with Crippen LogP contribution in [0, 0.1) is 0 Å². The summed E-state index contributed by atoms with van der Waals surface area (Å²) in [5, 5.41) is 2.82. The number of nitrogens with zero attached hydrogens (tertiary/aromatic N) is 2. The standard InChI is InChI=1S/C15H17N3O/c1-11(2)13-5-3-12(4-6-13)9-18-15(19)14-10-16-7-8-17-14/h3-8,10-11H,9H2,1-2H3,(H,18,19). The lowest BCUT2D eigenvalue weighted by Crippen LogP contribution is -2.23. The normalized spacial score (nSPS) is 10.5. The number of aromatic nitrogens is 2. The van der Waals surface area contributed by atoms with Gasteiger partial charge in [0.05, 0.1) is 6.20 Å². The van der Waals surface area contributed by atoms with Crippen molar-refractivity contribution >= 4 is 5.91 Å². The molecule has 0 aliphatic rings. The highest BCUT2D eigenvalue weighted by molar-refractivity contribution is 5.91. The Morgan fingerprint density at radius 1 is 1.21 bits per heavy atom. The van der Waals surface area contributed by atoms with Crippen LogP contribution in [-0.2, 0) is 6.54 Å². The van der Waals surface area contributed by atoms with Crippen LogP contribution >= 0.6 is 0 Å². The highest BCUT2D eigenvalue weighted by Crippen LogP contribution is 2.14. The van der Waals surface area contributed by atoms with Crippen LogP contribution in [0.4, 0.5) is 0 Å². The highest BCUT2D eigenvalue weighted by atomic mass is 16.1. The van der Waals surface area contributed by atoms with Crippen molar-refractivity contribution in [2.45, 2.75) is 26.3 Å². The van der Waals surface area contributed by atoms with E-state index >= 15 is 0 Å². The van der Waals surface area contributed by atoms with Crippen molar-refractivity contribution in [1.29, 1.82) is 0 Å². The van der Waals surface area contributed by atoms with Gasteiger partial charge in [0.1, 0.15) is 5.69 Å². The van der Waals surface area contributed by atoms with E-state index in [2.05, 4.69) is 41.3 Å². The summed E-state index contributed by atoms with van der Waals surface area (Å²) in [6, 6.07) is 8.25. The van der Waals surface area contributed by atoms with Gasteiger partial charge in [-0.15, -0.1) is 0 Å². The topological polar surface area (TPSA) is 54.9 Å². The summed E-state index contributed by atoms with van der Waals surface area (Å²) in [5.41, 5.74) is 2.70. The molecule has 0 spiro atoms. The molecule has 0 radical (unpaired) electrons. The van der Waals surface area contributed by atoms with E-state index in [-0.39, 0.29) is 5.91 Å². The minimum atomic E-state index is -0.207. The third-order valence-corrected chi connectivity index (χ3v) is 2.90. The minimum Gasteiger partial charge on any atom is -0.347 e. The van der Waals surface area contributed by atoms with Gasteiger partial charge in [-0.3, -0.25) is 9.78 Å². The maximum absolute atomic E-state index is 11.8. The van der Waals surface area contributed by atoms with Crippen molar-refractivity contribution in [3.05, 3.63) is 59.7 Å². The predicted molar refractivity (Wildman–Crippen MR) is 73.7 cm³/mol. The molecule has 4 heteroatoms. The van der Waals surface area contributed by atoms with E-state index in [9.17, 15) is 4.79 Å². The Kier molecular flexibility index (Phi) is 4.23. The van der Waals surface area contributed by atoms with Gasteiger partial charge >= 0.3 is 0 Å². The monoisotopic (exact) mass is 255 g/mol. The molecule has 2 aromatic rings. The fourth-order valence-corrected chi connectivity index (χ4v) is 1.71. The Labute approximate surface area is 112 Å². The molecule has 19 heavy (non-hydrogen) atoms. The molecule has 0 fully saturated rings. The van der Waals surface area contributed by atoms with Gasteiger partial charge in [-0.1, -0.05) is 38.1 Å². The van der Waals surface area contributed by atoms with Crippen LogP contribution in [0.1, 0.15) is 41.4 Å². The van der Waals surface area contributed by atoms with Gasteiger partial charge in [-0.2, -0.15) is 0 Å². The number of rotatable bonds is 4. The number of amides is 1. The number of carbonyl (C=O) groups excluding carboxylic acids is 1. The average Bonchev–Trinajstić information content (AvgIpc) is 2.46. The molecule has 1 amide bonds. The number of hydrogen-bond donors (Lipinski definition) is 1. The summed E-state index contributed by atoms with van der Waals surface area (Å²) in [6.45, 7) is 4.81. The number of hydrogen-bond acceptors (Lipinski definition) is 3. The van der Waals surface area contributed by atoms with E-state index in [1.165, 1.54) is 18.0 Å². The lowest BCUT2D eigenvalue weighted by Gasteiger charge is -2.08. The van der Waals surface area contributed by atoms with Gasteiger partial charge < -0.3 is 5.32 Å². The summed E-state index contributed by atoms with van der Waals surface area (Å²) in [7, 11) is 0. The molecular weight excluding hydrogens is 238 g/mol. The first kappa shape index (κ1) is 13.2. The number of nitrogens with one attached hydrogen (secondary N) is 1. The Hall–Kier alpha value is -2.23. The Morgan fingerprint density at radius 2 is 1.95 bits per heavy atom. The van der Waals surface area contributed by atoms with Crippen molar-refractivity contribution in [3.8, 4) is 0 Å². The van der Waals surface area contributed by atoms with E-state index < -0.39 is 0 Å². The second-order valence-corrected chi connectivity index (χ2v) is 4.67. The molecule has 0 atom stereocenters. The Bertz CT molecular complexity index is 535. The maximum atomic E-state index is 11.8. The van der Waals surface area contributed by atoms with Crippen LogP contribution in [0.15, 0.2) is 42.9 Å². The summed E-state index contributed by atoms with van der Waals surface area (Å²) < 4.78 is 0. The van der Waals surface area contributed by atoms with Crippen LogP contribution in [-0.4, -0.2) is 15.9 Å². The van der Waals surface area contributed by atoms with Crippen LogP contribution in [0.25, 0.3) is 0 Å². The molecule has 1 N–H and O–H groups in total. The van der Waals surface area contributed by atoms with E-state index in [1.807, 2.05) is 12.1 Å². The SMILES string of the molecule is CC(C)c1ccc(CNC(=O)c2cnccn2)cc1. The average molecular weight is 255 g/mol. The first-order valence-electron chi connectivity index (χ1n) is 6.30. The zero-order valence-corrected chi connectivity index (χ0v) is 11.1. The molecule has 1 heterocycles. The largest absolute Gasteiger partial charge is 0.347 e. The molecule has 1 aromatic heterocycles. The van der Waals surface area contributed by atoms with Gasteiger partial charge in [-0.25, -0.2) is 4.98 Å². The third-order valence-electron chi connectivity index (χ3n) is 2.90. The van der Waals surface area contributed by atoms with E-state index in [0.29, 0.717) is 18.2 Å². The van der Waals surface area contributed by atoms with Crippen LogP contribution < -0.4 is 5.32 Å². The molecule has 0 aliphatic heterocycles. The second-order valence-electron chi connectivity index (χ2n) is 4.67. The molecule has 1 aromatic carbocycles. The molecule has 0 bridgehead atoms. The van der Waals surface area contributed by atoms with E-state index in [4.69, 9.17) is 0 Å². The number of carbonyl (C=O) groups is 1. The number of benzene rings is 1. The molecule has 4 nitrogen and oxygen atoms in total. The zero-order valence-electron chi connectivity index (χ0n) is 11.1. The summed E-state index contributed by atoms with van der Waals surface area (Å²) in [5.74, 6) is 0.310. The Morgan fingerprint density at radius 3 is 2.53 bits per heavy atom. The van der Waals surface area contributed by atoms with Crippen molar-refractivity contribution in [2.75, 3.05) is 0 Å². The van der Waals surface area contributed by atoms with E-state index in [1.54, 1.807) is 6.20 Å². The van der Waals surface area contributed by atoms with E-state index in [0.717, 1.165) is 5.56 Å². The predicted octanol–water partition coefficient (Wildman–Crippen LogP) is 2.53. The fourth-order valence-electron chi connectivity index (χ4n) is 1.71. The van der Waals surface area contributed by atoms with Gasteiger partial charge in [0.25, 0.3) is 5.91 Å². The first-order valence-corrected chi connectivity index (χ1v) is 6.30. The zero-order chi connectivity index (χ0) is 13.7. The van der Waals surface area contributed by atoms with Crippen molar-refractivity contribution in [3.63, 3.8) is 0 Å². The van der Waals surface area contributed by atoms with Crippen LogP contribution in [0.3, 0.4) is 0 Å².